The van der Waals surface area contributed by atoms with E-state index in [4.69, 9.17) is 14.8 Å². The third-order valence-corrected chi connectivity index (χ3v) is 5.24. The van der Waals surface area contributed by atoms with Crippen LogP contribution in [0.2, 0.25) is 0 Å². The number of hydrogen-bond donors (Lipinski definition) is 1. The molecule has 7 heteroatoms. The molecule has 0 unspecified atom stereocenters. The number of nitrogens with zero attached hydrogens (tertiary/aromatic N) is 4. The number of carbonyl (C=O) groups excluding carboxylic acids is 1. The molecule has 4 rings (SSSR count). The Bertz CT molecular complexity index is 1120. The number of amides is 1. The molecule has 1 aromatic carbocycles. The highest BCUT2D eigenvalue weighted by atomic mass is 16.5. The maximum Gasteiger partial charge on any atom is 0.234 e. The Labute approximate surface area is 169 Å². The SMILES string of the molecule is COc1ccc(-c2cccc(C#N)c2)n2nc(C3(C(=O)NCC(C)C)CC3)nc12. The first kappa shape index (κ1) is 18.9. The second kappa shape index (κ2) is 7.21. The summed E-state index contributed by atoms with van der Waals surface area (Å²) in [5.74, 6) is 1.46. The standard InChI is InChI=1S/C22H23N5O2/c1-14(2)13-24-21(28)22(9-10-22)20-25-19-18(29-3)8-7-17(27(19)26-20)16-6-4-5-15(11-16)12-23/h4-8,11,14H,9-10,13H2,1-3H3,(H,24,28). The van der Waals surface area contributed by atoms with Crippen molar-refractivity contribution < 1.29 is 9.53 Å². The Morgan fingerprint density at radius 2 is 2.14 bits per heavy atom. The predicted molar refractivity (Wildman–Crippen MR) is 108 cm³/mol. The van der Waals surface area contributed by atoms with Gasteiger partial charge in [0.05, 0.1) is 24.4 Å². The van der Waals surface area contributed by atoms with Crippen LogP contribution in [0.3, 0.4) is 0 Å². The van der Waals surface area contributed by atoms with E-state index in [1.165, 1.54) is 0 Å². The molecule has 0 bridgehead atoms. The van der Waals surface area contributed by atoms with Crippen LogP contribution in [0, 0.1) is 17.2 Å². The predicted octanol–water partition coefficient (Wildman–Crippen LogP) is 3.08. The van der Waals surface area contributed by atoms with Crippen LogP contribution < -0.4 is 10.1 Å². The minimum Gasteiger partial charge on any atom is -0.493 e. The van der Waals surface area contributed by atoms with Gasteiger partial charge in [-0.05, 0) is 43.0 Å². The lowest BCUT2D eigenvalue weighted by molar-refractivity contribution is -0.123. The fraction of sp³-hybridized carbons (Fsp3) is 0.364. The average Bonchev–Trinajstić information content (AvgIpc) is 3.43. The van der Waals surface area contributed by atoms with Crippen molar-refractivity contribution in [3.63, 3.8) is 0 Å². The number of methoxy groups -OCH3 is 1. The monoisotopic (exact) mass is 389 g/mol. The van der Waals surface area contributed by atoms with Crippen LogP contribution in [-0.2, 0) is 10.2 Å². The minimum atomic E-state index is -0.669. The van der Waals surface area contributed by atoms with Crippen molar-refractivity contribution in [1.29, 1.82) is 5.26 Å². The highest BCUT2D eigenvalue weighted by molar-refractivity contribution is 5.90. The van der Waals surface area contributed by atoms with E-state index in [1.54, 1.807) is 17.7 Å². The summed E-state index contributed by atoms with van der Waals surface area (Å²) in [6.45, 7) is 4.76. The highest BCUT2D eigenvalue weighted by Gasteiger charge is 2.54. The second-order valence-corrected chi connectivity index (χ2v) is 7.84. The lowest BCUT2D eigenvalue weighted by atomic mass is 10.1. The van der Waals surface area contributed by atoms with Gasteiger partial charge in [-0.3, -0.25) is 4.79 Å². The third kappa shape index (κ3) is 3.31. The number of aromatic nitrogens is 3. The first-order chi connectivity index (χ1) is 14.0. The summed E-state index contributed by atoms with van der Waals surface area (Å²) in [7, 11) is 1.59. The van der Waals surface area contributed by atoms with Crippen molar-refractivity contribution in [2.24, 2.45) is 5.92 Å². The molecule has 29 heavy (non-hydrogen) atoms. The van der Waals surface area contributed by atoms with Crippen LogP contribution in [-0.4, -0.2) is 34.2 Å². The number of ether oxygens (including phenoxy) is 1. The number of benzene rings is 1. The van der Waals surface area contributed by atoms with Crippen LogP contribution in [0.4, 0.5) is 0 Å². The molecule has 0 saturated heterocycles. The molecule has 3 aromatic rings. The summed E-state index contributed by atoms with van der Waals surface area (Å²) in [6, 6.07) is 13.2. The summed E-state index contributed by atoms with van der Waals surface area (Å²) in [5, 5.41) is 17.0. The summed E-state index contributed by atoms with van der Waals surface area (Å²) in [5.41, 5.74) is 2.10. The van der Waals surface area contributed by atoms with E-state index in [0.29, 0.717) is 35.2 Å². The smallest absolute Gasteiger partial charge is 0.234 e. The van der Waals surface area contributed by atoms with Gasteiger partial charge in [0, 0.05) is 12.1 Å². The van der Waals surface area contributed by atoms with Gasteiger partial charge in [-0.2, -0.15) is 5.26 Å². The largest absolute Gasteiger partial charge is 0.493 e. The minimum absolute atomic E-state index is 0.0194. The van der Waals surface area contributed by atoms with Gasteiger partial charge in [-0.1, -0.05) is 26.0 Å². The van der Waals surface area contributed by atoms with E-state index in [-0.39, 0.29) is 5.91 Å². The highest BCUT2D eigenvalue weighted by Crippen LogP contribution is 2.47. The van der Waals surface area contributed by atoms with Gasteiger partial charge in [0.15, 0.2) is 17.2 Å². The summed E-state index contributed by atoms with van der Waals surface area (Å²) in [4.78, 5) is 17.5. The molecule has 0 atom stereocenters. The Morgan fingerprint density at radius 3 is 2.79 bits per heavy atom. The maximum atomic E-state index is 12.8. The fourth-order valence-corrected chi connectivity index (χ4v) is 3.41. The molecule has 148 valence electrons. The summed E-state index contributed by atoms with van der Waals surface area (Å²) in [6.07, 6.45) is 1.46. The summed E-state index contributed by atoms with van der Waals surface area (Å²) >= 11 is 0. The van der Waals surface area contributed by atoms with Crippen molar-refractivity contribution in [2.45, 2.75) is 32.1 Å². The number of fused-ring (bicyclic) bond motifs is 1. The van der Waals surface area contributed by atoms with Gasteiger partial charge in [0.25, 0.3) is 0 Å². The van der Waals surface area contributed by atoms with Crippen LogP contribution in [0.25, 0.3) is 16.9 Å². The van der Waals surface area contributed by atoms with E-state index in [0.717, 1.165) is 24.1 Å². The number of pyridine rings is 1. The molecule has 1 aliphatic carbocycles. The lowest BCUT2D eigenvalue weighted by Gasteiger charge is -2.13. The molecule has 0 spiro atoms. The molecule has 1 saturated carbocycles. The number of rotatable bonds is 6. The summed E-state index contributed by atoms with van der Waals surface area (Å²) < 4.78 is 7.18. The van der Waals surface area contributed by atoms with Crippen molar-refractivity contribution in [3.8, 4) is 23.1 Å². The van der Waals surface area contributed by atoms with Gasteiger partial charge in [0.1, 0.15) is 5.41 Å². The molecule has 7 nitrogen and oxygen atoms in total. The van der Waals surface area contributed by atoms with Crippen molar-refractivity contribution in [2.75, 3.05) is 13.7 Å². The van der Waals surface area contributed by atoms with Gasteiger partial charge in [0.2, 0.25) is 5.91 Å². The topological polar surface area (TPSA) is 92.3 Å². The molecule has 0 radical (unpaired) electrons. The van der Waals surface area contributed by atoms with E-state index >= 15 is 0 Å². The van der Waals surface area contributed by atoms with Crippen LogP contribution in [0.5, 0.6) is 5.75 Å². The average molecular weight is 389 g/mol. The lowest BCUT2D eigenvalue weighted by Crippen LogP contribution is -2.37. The third-order valence-electron chi connectivity index (χ3n) is 5.24. The van der Waals surface area contributed by atoms with E-state index in [1.807, 2.05) is 30.3 Å². The molecule has 1 aliphatic rings. The maximum absolute atomic E-state index is 12.8. The molecule has 1 fully saturated rings. The Morgan fingerprint density at radius 1 is 1.34 bits per heavy atom. The van der Waals surface area contributed by atoms with Gasteiger partial charge in [-0.25, -0.2) is 9.50 Å². The first-order valence-corrected chi connectivity index (χ1v) is 9.71. The Hall–Kier alpha value is -3.40. The van der Waals surface area contributed by atoms with Crippen LogP contribution >= 0.6 is 0 Å². The van der Waals surface area contributed by atoms with E-state index in [9.17, 15) is 10.1 Å². The van der Waals surface area contributed by atoms with Gasteiger partial charge in [-0.15, -0.1) is 5.10 Å². The van der Waals surface area contributed by atoms with Crippen LogP contribution in [0.15, 0.2) is 36.4 Å². The van der Waals surface area contributed by atoms with Crippen molar-refractivity contribution >= 4 is 11.6 Å². The molecular weight excluding hydrogens is 366 g/mol. The van der Waals surface area contributed by atoms with E-state index in [2.05, 4.69) is 25.2 Å². The number of nitrogens with one attached hydrogen (secondary N) is 1. The Kier molecular flexibility index (Phi) is 4.71. The zero-order valence-corrected chi connectivity index (χ0v) is 16.8. The normalized spacial score (nSPS) is 14.6. The fourth-order valence-electron chi connectivity index (χ4n) is 3.41. The molecule has 1 amide bonds. The Balaban J connectivity index is 1.81. The molecular formula is C22H23N5O2. The number of hydrogen-bond acceptors (Lipinski definition) is 5. The zero-order chi connectivity index (χ0) is 20.6. The quantitative estimate of drug-likeness (QED) is 0.699. The zero-order valence-electron chi connectivity index (χ0n) is 16.8. The molecule has 1 N–H and O–H groups in total. The van der Waals surface area contributed by atoms with Crippen molar-refractivity contribution in [1.82, 2.24) is 19.9 Å². The molecule has 0 aliphatic heterocycles. The molecule has 2 heterocycles. The number of carbonyl (C=O) groups is 1. The first-order valence-electron chi connectivity index (χ1n) is 9.71. The van der Waals surface area contributed by atoms with Crippen molar-refractivity contribution in [3.05, 3.63) is 47.8 Å². The van der Waals surface area contributed by atoms with Gasteiger partial charge < -0.3 is 10.1 Å². The number of nitriles is 1. The molecule has 2 aromatic heterocycles. The van der Waals surface area contributed by atoms with Gasteiger partial charge >= 0.3 is 0 Å². The second-order valence-electron chi connectivity index (χ2n) is 7.84. The van der Waals surface area contributed by atoms with E-state index < -0.39 is 5.41 Å². The van der Waals surface area contributed by atoms with Crippen LogP contribution in [0.1, 0.15) is 38.1 Å².